The second kappa shape index (κ2) is 12.0. The van der Waals surface area contributed by atoms with Crippen LogP contribution >= 0.6 is 0 Å². The van der Waals surface area contributed by atoms with Crippen molar-refractivity contribution in [1.29, 1.82) is 0 Å². The van der Waals surface area contributed by atoms with Crippen molar-refractivity contribution in [1.82, 2.24) is 30.1 Å². The lowest BCUT2D eigenvalue weighted by molar-refractivity contribution is 0.0697. The quantitative estimate of drug-likeness (QED) is 0.143. The summed E-state index contributed by atoms with van der Waals surface area (Å²) in [5, 5.41) is 19.9. The van der Waals surface area contributed by atoms with E-state index < -0.39 is 17.6 Å². The van der Waals surface area contributed by atoms with Crippen LogP contribution in [0.2, 0.25) is 0 Å². The molecule has 0 fully saturated rings. The molecule has 0 aliphatic carbocycles. The fourth-order valence-corrected chi connectivity index (χ4v) is 5.23. The fraction of sp³-hybridized carbons (Fsp3) is 0.125. The normalized spacial score (nSPS) is 11.2. The van der Waals surface area contributed by atoms with Crippen LogP contribution in [0.1, 0.15) is 43.2 Å². The molecule has 0 saturated heterocycles. The van der Waals surface area contributed by atoms with Crippen molar-refractivity contribution in [3.63, 3.8) is 0 Å². The van der Waals surface area contributed by atoms with Crippen molar-refractivity contribution in [3.8, 4) is 5.75 Å². The Hall–Kier alpha value is -5.59. The molecule has 6 aromatic rings. The number of fused-ring (bicyclic) bond motifs is 2. The summed E-state index contributed by atoms with van der Waals surface area (Å²) in [6.07, 6.45) is 4.20. The lowest BCUT2D eigenvalue weighted by Crippen LogP contribution is -2.20. The number of nitrogens with one attached hydrogen (secondary N) is 2. The Bertz CT molecular complexity index is 2020. The topological polar surface area (TPSA) is 144 Å². The number of carbonyl (C=O) groups excluding carboxylic acids is 2. The van der Waals surface area contributed by atoms with Crippen molar-refractivity contribution in [3.05, 3.63) is 125 Å². The lowest BCUT2D eigenvalue weighted by Gasteiger charge is -2.11. The van der Waals surface area contributed by atoms with E-state index in [1.165, 1.54) is 13.2 Å². The number of methoxy groups -OCH3 is 1. The minimum Gasteiger partial charge on any atom is -0.494 e. The van der Waals surface area contributed by atoms with E-state index >= 15 is 0 Å². The first-order chi connectivity index (χ1) is 21.4. The molecule has 4 heterocycles. The van der Waals surface area contributed by atoms with E-state index in [1.807, 2.05) is 57.9 Å². The highest BCUT2D eigenvalue weighted by molar-refractivity contribution is 5.95. The summed E-state index contributed by atoms with van der Waals surface area (Å²) in [7, 11) is 1.41. The molecule has 0 aliphatic heterocycles. The van der Waals surface area contributed by atoms with Gasteiger partial charge in [-0.25, -0.2) is 25.3 Å². The Kier molecular flexibility index (Phi) is 7.75. The molecular formula is C32H27FN6O5. The zero-order valence-electron chi connectivity index (χ0n) is 23.5. The van der Waals surface area contributed by atoms with Crippen LogP contribution < -0.4 is 15.7 Å². The maximum Gasteiger partial charge on any atom is 0.293 e. The number of hydrogen-bond acceptors (Lipinski definition) is 7. The van der Waals surface area contributed by atoms with E-state index in [0.29, 0.717) is 36.4 Å². The van der Waals surface area contributed by atoms with E-state index in [0.717, 1.165) is 27.5 Å². The second-order valence-electron chi connectivity index (χ2n) is 10.2. The summed E-state index contributed by atoms with van der Waals surface area (Å²) in [6.45, 7) is 0.820. The number of ether oxygens (including phenoxy) is 1. The van der Waals surface area contributed by atoms with Crippen LogP contribution in [0, 0.1) is 5.82 Å². The number of rotatable bonds is 9. The van der Waals surface area contributed by atoms with Gasteiger partial charge in [-0.15, -0.1) is 0 Å². The van der Waals surface area contributed by atoms with Gasteiger partial charge in [0, 0.05) is 36.3 Å². The maximum atomic E-state index is 14.3. The second-order valence-corrected chi connectivity index (χ2v) is 10.2. The highest BCUT2D eigenvalue weighted by Gasteiger charge is 2.16. The Labute approximate surface area is 250 Å². The van der Waals surface area contributed by atoms with E-state index in [4.69, 9.17) is 9.94 Å². The summed E-state index contributed by atoms with van der Waals surface area (Å²) in [4.78, 5) is 33.1. The molecule has 222 valence electrons. The monoisotopic (exact) mass is 594 g/mol. The largest absolute Gasteiger partial charge is 0.494 e. The van der Waals surface area contributed by atoms with Crippen LogP contribution in [0.3, 0.4) is 0 Å². The predicted octanol–water partition coefficient (Wildman–Crippen LogP) is 4.46. The average Bonchev–Trinajstić information content (AvgIpc) is 3.64. The third-order valence-electron chi connectivity index (χ3n) is 7.44. The number of amides is 2. The highest BCUT2D eigenvalue weighted by Crippen LogP contribution is 2.26. The first kappa shape index (κ1) is 28.5. The van der Waals surface area contributed by atoms with Crippen molar-refractivity contribution < 1.29 is 29.1 Å². The molecular weight excluding hydrogens is 567 g/mol. The molecule has 0 unspecified atom stereocenters. The number of hydrogen-bond donors (Lipinski definition) is 4. The zero-order valence-corrected chi connectivity index (χ0v) is 23.5. The molecule has 4 aromatic heterocycles. The van der Waals surface area contributed by atoms with E-state index in [2.05, 4.69) is 9.97 Å². The molecule has 4 N–H and O–H groups in total. The summed E-state index contributed by atoms with van der Waals surface area (Å²) in [5.41, 5.74) is 8.07. The van der Waals surface area contributed by atoms with Crippen molar-refractivity contribution >= 4 is 33.9 Å². The van der Waals surface area contributed by atoms with Crippen molar-refractivity contribution in [2.45, 2.75) is 19.5 Å². The third-order valence-corrected chi connectivity index (χ3v) is 7.44. The van der Waals surface area contributed by atoms with Crippen LogP contribution in [0.25, 0.3) is 22.1 Å². The molecule has 0 bridgehead atoms. The number of halogens is 1. The molecule has 12 heteroatoms. The first-order valence-corrected chi connectivity index (χ1v) is 13.6. The lowest BCUT2D eigenvalue weighted by atomic mass is 10.0. The average molecular weight is 595 g/mol. The van der Waals surface area contributed by atoms with Gasteiger partial charge in [0.25, 0.3) is 11.8 Å². The number of nitrogens with zero attached hydrogens (tertiary/aromatic N) is 4. The Morgan fingerprint density at radius 2 is 1.41 bits per heavy atom. The van der Waals surface area contributed by atoms with Gasteiger partial charge in [0.15, 0.2) is 11.6 Å². The molecule has 0 aliphatic rings. The SMILES string of the molecule is COc1ccc(Cn2ccc3c(Cc4ccc(Cn5ccc6ccc(C(=O)NO)nc65)cc4)cc(C(=O)NO)nc32)cc1F. The standard InChI is InChI=1S/C32H27FN6O5/c1-44-28-9-6-21(15-25(28)33)18-39-13-11-24-23(16-27(32(41)37-43)35-30(24)39)14-19-2-4-20(5-3-19)17-38-12-10-22-7-8-26(31(40)36-42)34-29(22)38/h2-13,15-16,42-43H,14,17-18H2,1H3,(H,36,40)(H,37,41). The minimum absolute atomic E-state index is 0.0497. The zero-order chi connectivity index (χ0) is 30.8. The summed E-state index contributed by atoms with van der Waals surface area (Å²) in [6, 6.07) is 21.5. The molecule has 0 radical (unpaired) electrons. The van der Waals surface area contributed by atoms with Crippen LogP contribution in [0.15, 0.2) is 85.2 Å². The number of pyridine rings is 2. The van der Waals surface area contributed by atoms with Gasteiger partial charge in [0.1, 0.15) is 22.7 Å². The first-order valence-electron chi connectivity index (χ1n) is 13.6. The molecule has 0 atom stereocenters. The van der Waals surface area contributed by atoms with Crippen LogP contribution in [0.5, 0.6) is 5.75 Å². The van der Waals surface area contributed by atoms with Gasteiger partial charge in [-0.2, -0.15) is 0 Å². The molecule has 2 amide bonds. The van der Waals surface area contributed by atoms with Gasteiger partial charge >= 0.3 is 0 Å². The minimum atomic E-state index is -0.737. The predicted molar refractivity (Wildman–Crippen MR) is 158 cm³/mol. The molecule has 44 heavy (non-hydrogen) atoms. The summed E-state index contributed by atoms with van der Waals surface area (Å²) < 4.78 is 23.1. The van der Waals surface area contributed by atoms with Crippen LogP contribution in [-0.2, 0) is 19.5 Å². The summed E-state index contributed by atoms with van der Waals surface area (Å²) >= 11 is 0. The maximum absolute atomic E-state index is 14.3. The Balaban J connectivity index is 1.27. The van der Waals surface area contributed by atoms with Crippen molar-refractivity contribution in [2.75, 3.05) is 7.11 Å². The summed E-state index contributed by atoms with van der Waals surface area (Å²) in [5.74, 6) is -1.74. The van der Waals surface area contributed by atoms with Gasteiger partial charge in [0.05, 0.1) is 7.11 Å². The van der Waals surface area contributed by atoms with Crippen LogP contribution in [0.4, 0.5) is 4.39 Å². The third kappa shape index (κ3) is 5.59. The fourth-order valence-electron chi connectivity index (χ4n) is 5.23. The van der Waals surface area contributed by atoms with Gasteiger partial charge in [0.2, 0.25) is 0 Å². The number of aromatic nitrogens is 4. The Morgan fingerprint density at radius 3 is 2.14 bits per heavy atom. The smallest absolute Gasteiger partial charge is 0.293 e. The molecule has 0 saturated carbocycles. The van der Waals surface area contributed by atoms with E-state index in [-0.39, 0.29) is 17.1 Å². The molecule has 11 nitrogen and oxygen atoms in total. The van der Waals surface area contributed by atoms with Gasteiger partial charge in [-0.1, -0.05) is 30.3 Å². The highest BCUT2D eigenvalue weighted by atomic mass is 19.1. The molecule has 0 spiro atoms. The van der Waals surface area contributed by atoms with Gasteiger partial charge in [-0.05, 0) is 71.1 Å². The van der Waals surface area contributed by atoms with Gasteiger partial charge in [-0.3, -0.25) is 20.0 Å². The molecule has 6 rings (SSSR count). The van der Waals surface area contributed by atoms with E-state index in [9.17, 15) is 19.2 Å². The number of carbonyl (C=O) groups is 2. The molecule has 2 aromatic carbocycles. The van der Waals surface area contributed by atoms with Gasteiger partial charge < -0.3 is 13.9 Å². The van der Waals surface area contributed by atoms with Crippen LogP contribution in [-0.4, -0.2) is 48.4 Å². The number of benzene rings is 2. The Morgan fingerprint density at radius 1 is 0.773 bits per heavy atom. The van der Waals surface area contributed by atoms with Crippen molar-refractivity contribution in [2.24, 2.45) is 0 Å². The van der Waals surface area contributed by atoms with E-state index in [1.54, 1.807) is 41.3 Å². The number of hydroxylamine groups is 2.